The normalized spacial score (nSPS) is 12.5. The van der Waals surface area contributed by atoms with Crippen molar-refractivity contribution in [3.8, 4) is 22.8 Å². The summed E-state index contributed by atoms with van der Waals surface area (Å²) in [5.74, 6) is -2.72. The Hall–Kier alpha value is -3.74. The fraction of sp³-hybridized carbons (Fsp3) is 0.0526. The summed E-state index contributed by atoms with van der Waals surface area (Å²) in [6.07, 6.45) is 0. The fourth-order valence-electron chi connectivity index (χ4n) is 2.96. The molecule has 4 rings (SSSR count). The van der Waals surface area contributed by atoms with E-state index in [1.807, 2.05) is 0 Å². The fourth-order valence-corrected chi connectivity index (χ4v) is 2.96. The topological polar surface area (TPSA) is 107 Å². The van der Waals surface area contributed by atoms with Gasteiger partial charge in [0.05, 0.1) is 11.1 Å². The lowest BCUT2D eigenvalue weighted by Crippen LogP contribution is -2.22. The Kier molecular flexibility index (Phi) is 3.43. The van der Waals surface area contributed by atoms with Gasteiger partial charge < -0.3 is 14.4 Å². The Morgan fingerprint density at radius 2 is 1.73 bits per heavy atom. The number of esters is 1. The average molecular weight is 349 g/mol. The van der Waals surface area contributed by atoms with Crippen LogP contribution in [0.4, 0.5) is 0 Å². The van der Waals surface area contributed by atoms with Crippen LogP contribution in [-0.4, -0.2) is 27.8 Å². The summed E-state index contributed by atoms with van der Waals surface area (Å²) >= 11 is 0. The third-order valence-corrected chi connectivity index (χ3v) is 4.03. The molecule has 0 unspecified atom stereocenters. The van der Waals surface area contributed by atoms with E-state index in [0.717, 1.165) is 0 Å². The summed E-state index contributed by atoms with van der Waals surface area (Å²) in [6, 6.07) is 11.2. The summed E-state index contributed by atoms with van der Waals surface area (Å²) in [4.78, 5) is 37.2. The number of aromatic nitrogens is 1. The van der Waals surface area contributed by atoms with Crippen LogP contribution in [0.3, 0.4) is 0 Å². The monoisotopic (exact) mass is 349 g/mol. The second-order valence-corrected chi connectivity index (χ2v) is 5.69. The Labute approximate surface area is 146 Å². The third kappa shape index (κ3) is 2.21. The predicted molar refractivity (Wildman–Crippen MR) is 88.2 cm³/mol. The highest BCUT2D eigenvalue weighted by Gasteiger charge is 2.41. The van der Waals surface area contributed by atoms with Gasteiger partial charge in [-0.3, -0.25) is 14.4 Å². The van der Waals surface area contributed by atoms with E-state index in [0.29, 0.717) is 5.56 Å². The lowest BCUT2D eigenvalue weighted by molar-refractivity contribution is -0.131. The number of nitrogens with zero attached hydrogens (tertiary/aromatic N) is 1. The van der Waals surface area contributed by atoms with Gasteiger partial charge >= 0.3 is 5.97 Å². The maximum atomic E-state index is 13.1. The molecule has 1 heterocycles. The van der Waals surface area contributed by atoms with Crippen molar-refractivity contribution in [2.45, 2.75) is 6.92 Å². The smallest absolute Gasteiger partial charge is 0.308 e. The van der Waals surface area contributed by atoms with Crippen molar-refractivity contribution >= 4 is 17.5 Å². The maximum absolute atomic E-state index is 13.1. The molecular formula is C19H11NO6. The zero-order valence-corrected chi connectivity index (χ0v) is 13.5. The van der Waals surface area contributed by atoms with Gasteiger partial charge in [0.1, 0.15) is 22.8 Å². The van der Waals surface area contributed by atoms with Crippen LogP contribution < -0.4 is 4.74 Å². The van der Waals surface area contributed by atoms with Crippen molar-refractivity contribution in [3.63, 3.8) is 0 Å². The van der Waals surface area contributed by atoms with E-state index in [4.69, 9.17) is 9.26 Å². The van der Waals surface area contributed by atoms with Crippen LogP contribution in [0.1, 0.15) is 39.0 Å². The Balaban J connectivity index is 1.97. The lowest BCUT2D eigenvalue weighted by Gasteiger charge is -2.17. The van der Waals surface area contributed by atoms with Gasteiger partial charge in [0.15, 0.2) is 0 Å². The highest BCUT2D eigenvalue weighted by molar-refractivity contribution is 6.30. The van der Waals surface area contributed by atoms with Crippen LogP contribution >= 0.6 is 0 Å². The van der Waals surface area contributed by atoms with Gasteiger partial charge in [-0.2, -0.15) is 0 Å². The molecule has 128 valence electrons. The summed E-state index contributed by atoms with van der Waals surface area (Å²) in [6.45, 7) is 1.18. The molecule has 0 aliphatic heterocycles. The molecule has 0 saturated heterocycles. The van der Waals surface area contributed by atoms with E-state index < -0.39 is 23.3 Å². The van der Waals surface area contributed by atoms with Crippen molar-refractivity contribution < 1.29 is 28.8 Å². The first-order chi connectivity index (χ1) is 12.5. The molecule has 2 aromatic carbocycles. The van der Waals surface area contributed by atoms with E-state index >= 15 is 0 Å². The Morgan fingerprint density at radius 1 is 1.00 bits per heavy atom. The van der Waals surface area contributed by atoms with Gasteiger partial charge in [-0.05, 0) is 12.1 Å². The number of fused-ring (bicyclic) bond motifs is 2. The minimum absolute atomic E-state index is 0.0206. The second kappa shape index (κ2) is 5.66. The molecule has 0 radical (unpaired) electrons. The second-order valence-electron chi connectivity index (χ2n) is 5.69. The largest absolute Gasteiger partial charge is 0.507 e. The van der Waals surface area contributed by atoms with Crippen LogP contribution in [0, 0.1) is 0 Å². The zero-order chi connectivity index (χ0) is 18.4. The van der Waals surface area contributed by atoms with Crippen molar-refractivity contribution in [1.82, 2.24) is 5.16 Å². The molecule has 0 saturated carbocycles. The number of phenols is 1. The number of ketones is 2. The predicted octanol–water partition coefficient (Wildman–Crippen LogP) is 2.75. The summed E-state index contributed by atoms with van der Waals surface area (Å²) in [5, 5.41) is 13.9. The molecule has 0 amide bonds. The SMILES string of the molecule is CC(=O)Oc1ccc(O)c2c1C(=O)c1c(-c3ccccc3)noc1C2=O. The van der Waals surface area contributed by atoms with E-state index in [2.05, 4.69) is 5.16 Å². The Bertz CT molecular complexity index is 1080. The summed E-state index contributed by atoms with van der Waals surface area (Å²) in [5.41, 5.74) is 0.334. The number of carbonyl (C=O) groups is 3. The molecular weight excluding hydrogens is 338 g/mol. The van der Waals surface area contributed by atoms with Crippen LogP contribution in [0.15, 0.2) is 47.0 Å². The lowest BCUT2D eigenvalue weighted by atomic mass is 9.85. The highest BCUT2D eigenvalue weighted by atomic mass is 16.5. The van der Waals surface area contributed by atoms with Crippen LogP contribution in [0.5, 0.6) is 11.5 Å². The van der Waals surface area contributed by atoms with Gasteiger partial charge in [0.25, 0.3) is 0 Å². The molecule has 1 aliphatic carbocycles. The van der Waals surface area contributed by atoms with Gasteiger partial charge in [0.2, 0.25) is 17.3 Å². The molecule has 0 atom stereocenters. The number of ether oxygens (including phenoxy) is 1. The standard InChI is InChI=1S/C19H11NO6/c1-9(21)25-12-8-7-11(22)13-14(12)17(23)15-16(10-5-3-2-4-6-10)20-26-19(15)18(13)24/h2-8,22H,1H3. The molecule has 26 heavy (non-hydrogen) atoms. The van der Waals surface area contributed by atoms with Gasteiger partial charge in [0, 0.05) is 12.5 Å². The summed E-state index contributed by atoms with van der Waals surface area (Å²) in [7, 11) is 0. The molecule has 1 aliphatic rings. The number of hydrogen-bond acceptors (Lipinski definition) is 7. The molecule has 7 nitrogen and oxygen atoms in total. The number of benzene rings is 2. The van der Waals surface area contributed by atoms with Crippen LogP contribution in [0.25, 0.3) is 11.3 Å². The first-order valence-electron chi connectivity index (χ1n) is 7.68. The minimum Gasteiger partial charge on any atom is -0.507 e. The molecule has 1 N–H and O–H groups in total. The van der Waals surface area contributed by atoms with Gasteiger partial charge in [-0.25, -0.2) is 0 Å². The first-order valence-corrected chi connectivity index (χ1v) is 7.68. The van der Waals surface area contributed by atoms with Crippen LogP contribution in [0.2, 0.25) is 0 Å². The molecule has 0 fully saturated rings. The van der Waals surface area contributed by atoms with Crippen LogP contribution in [-0.2, 0) is 4.79 Å². The maximum Gasteiger partial charge on any atom is 0.308 e. The number of phenolic OH excluding ortho intramolecular Hbond substituents is 1. The quantitative estimate of drug-likeness (QED) is 0.438. The number of hydrogen-bond donors (Lipinski definition) is 1. The minimum atomic E-state index is -0.698. The van der Waals surface area contributed by atoms with Gasteiger partial charge in [-0.15, -0.1) is 0 Å². The third-order valence-electron chi connectivity index (χ3n) is 4.03. The molecule has 0 bridgehead atoms. The van der Waals surface area contributed by atoms with Crippen molar-refractivity contribution in [2.75, 3.05) is 0 Å². The molecule has 1 aromatic heterocycles. The van der Waals surface area contributed by atoms with E-state index in [-0.39, 0.29) is 33.9 Å². The van der Waals surface area contributed by atoms with E-state index in [9.17, 15) is 19.5 Å². The average Bonchev–Trinajstić information content (AvgIpc) is 3.07. The van der Waals surface area contributed by atoms with Crippen molar-refractivity contribution in [2.24, 2.45) is 0 Å². The zero-order valence-electron chi connectivity index (χ0n) is 13.5. The van der Waals surface area contributed by atoms with E-state index in [1.165, 1.54) is 19.1 Å². The number of aromatic hydroxyl groups is 1. The molecule has 3 aromatic rings. The molecule has 0 spiro atoms. The van der Waals surface area contributed by atoms with E-state index in [1.54, 1.807) is 30.3 Å². The molecule has 7 heteroatoms. The van der Waals surface area contributed by atoms with Gasteiger partial charge in [-0.1, -0.05) is 35.5 Å². The van der Waals surface area contributed by atoms with Crippen molar-refractivity contribution in [1.29, 1.82) is 0 Å². The van der Waals surface area contributed by atoms with Crippen molar-refractivity contribution in [3.05, 3.63) is 64.9 Å². The first kappa shape index (κ1) is 15.8. The number of carbonyl (C=O) groups excluding carboxylic acids is 3. The highest BCUT2D eigenvalue weighted by Crippen LogP contribution is 2.41. The number of rotatable bonds is 2. The summed E-state index contributed by atoms with van der Waals surface area (Å²) < 4.78 is 10.2. The Morgan fingerprint density at radius 3 is 2.42 bits per heavy atom.